The standard InChI is InChI=1S/C16H34FN/c1-3-4-5-6-7-8-9-10-11-12-13-14-15-16-18(2)17/h3-16H2,1-2H3. The Bertz CT molecular complexity index is 148. The minimum Gasteiger partial charge on any atom is -0.149 e. The fourth-order valence-electron chi connectivity index (χ4n) is 2.35. The van der Waals surface area contributed by atoms with E-state index in [4.69, 9.17) is 0 Å². The topological polar surface area (TPSA) is 3.24 Å². The van der Waals surface area contributed by atoms with E-state index in [0.717, 1.165) is 11.5 Å². The molecule has 0 heterocycles. The Kier molecular flexibility index (Phi) is 14.9. The molecule has 18 heavy (non-hydrogen) atoms. The van der Waals surface area contributed by atoms with Crippen molar-refractivity contribution in [3.05, 3.63) is 0 Å². The van der Waals surface area contributed by atoms with Gasteiger partial charge in [0.1, 0.15) is 0 Å². The van der Waals surface area contributed by atoms with Crippen LogP contribution in [0, 0.1) is 0 Å². The highest BCUT2D eigenvalue weighted by Gasteiger charge is 1.95. The number of rotatable bonds is 14. The molecule has 0 aliphatic rings. The van der Waals surface area contributed by atoms with E-state index >= 15 is 0 Å². The van der Waals surface area contributed by atoms with Crippen molar-refractivity contribution in [1.29, 1.82) is 0 Å². The Labute approximate surface area is 114 Å². The molecule has 0 aromatic carbocycles. The lowest BCUT2D eigenvalue weighted by atomic mass is 10.0. The van der Waals surface area contributed by atoms with Gasteiger partial charge in [0.2, 0.25) is 0 Å². The number of hydrogen-bond acceptors (Lipinski definition) is 1. The second kappa shape index (κ2) is 14.9. The molecule has 110 valence electrons. The summed E-state index contributed by atoms with van der Waals surface area (Å²) in [6.07, 6.45) is 17.5. The predicted molar refractivity (Wildman–Crippen MR) is 79.4 cm³/mol. The van der Waals surface area contributed by atoms with Crippen molar-refractivity contribution in [1.82, 2.24) is 5.12 Å². The van der Waals surface area contributed by atoms with Crippen molar-refractivity contribution in [2.45, 2.75) is 90.4 Å². The summed E-state index contributed by atoms with van der Waals surface area (Å²) in [5.74, 6) is 0. The van der Waals surface area contributed by atoms with Gasteiger partial charge >= 0.3 is 0 Å². The van der Waals surface area contributed by atoms with Crippen LogP contribution in [-0.4, -0.2) is 18.7 Å². The van der Waals surface area contributed by atoms with Gasteiger partial charge in [-0.1, -0.05) is 84.0 Å². The molecule has 0 N–H and O–H groups in total. The third kappa shape index (κ3) is 15.9. The molecule has 0 aromatic rings. The Balaban J connectivity index is 2.90. The van der Waals surface area contributed by atoms with Crippen LogP contribution in [-0.2, 0) is 0 Å². The Morgan fingerprint density at radius 2 is 0.944 bits per heavy atom. The highest BCUT2D eigenvalue weighted by molar-refractivity contribution is 4.49. The maximum absolute atomic E-state index is 12.4. The molecular weight excluding hydrogens is 225 g/mol. The minimum absolute atomic E-state index is 0.595. The largest absolute Gasteiger partial charge is 0.149 e. The van der Waals surface area contributed by atoms with Gasteiger partial charge in [0.05, 0.1) is 0 Å². The number of hydrogen-bond donors (Lipinski definition) is 0. The lowest BCUT2D eigenvalue weighted by Gasteiger charge is -2.05. The molecule has 0 radical (unpaired) electrons. The summed E-state index contributed by atoms with van der Waals surface area (Å²) >= 11 is 0. The molecule has 0 aliphatic heterocycles. The number of halogens is 1. The van der Waals surface area contributed by atoms with Crippen molar-refractivity contribution in [2.24, 2.45) is 0 Å². The minimum atomic E-state index is 0.595. The van der Waals surface area contributed by atoms with Crippen LogP contribution in [0.3, 0.4) is 0 Å². The van der Waals surface area contributed by atoms with E-state index < -0.39 is 0 Å². The van der Waals surface area contributed by atoms with Crippen LogP contribution in [0.5, 0.6) is 0 Å². The van der Waals surface area contributed by atoms with Crippen LogP contribution in [0.1, 0.15) is 90.4 Å². The quantitative estimate of drug-likeness (QED) is 0.277. The summed E-state index contributed by atoms with van der Waals surface area (Å²) < 4.78 is 12.4. The molecule has 0 fully saturated rings. The van der Waals surface area contributed by atoms with Crippen LogP contribution < -0.4 is 0 Å². The first-order chi connectivity index (χ1) is 8.77. The summed E-state index contributed by atoms with van der Waals surface area (Å²) in [7, 11) is 1.50. The summed E-state index contributed by atoms with van der Waals surface area (Å²) in [4.78, 5) is 0. The van der Waals surface area contributed by atoms with Crippen molar-refractivity contribution in [3.8, 4) is 0 Å². The third-order valence-electron chi connectivity index (χ3n) is 3.57. The molecule has 0 saturated heterocycles. The Morgan fingerprint density at radius 3 is 1.28 bits per heavy atom. The zero-order valence-corrected chi connectivity index (χ0v) is 12.7. The van der Waals surface area contributed by atoms with E-state index in [1.807, 2.05) is 0 Å². The normalized spacial score (nSPS) is 11.3. The van der Waals surface area contributed by atoms with Gasteiger partial charge in [0, 0.05) is 13.6 Å². The van der Waals surface area contributed by atoms with Crippen LogP contribution in [0.15, 0.2) is 0 Å². The molecule has 0 spiro atoms. The summed E-state index contributed by atoms with van der Waals surface area (Å²) in [6, 6.07) is 0. The van der Waals surface area contributed by atoms with E-state index in [-0.39, 0.29) is 0 Å². The molecule has 0 aromatic heterocycles. The second-order valence-corrected chi connectivity index (χ2v) is 5.57. The van der Waals surface area contributed by atoms with E-state index in [2.05, 4.69) is 6.92 Å². The first kappa shape index (κ1) is 17.9. The van der Waals surface area contributed by atoms with Gasteiger partial charge in [0.15, 0.2) is 0 Å². The Morgan fingerprint density at radius 1 is 0.611 bits per heavy atom. The van der Waals surface area contributed by atoms with Crippen molar-refractivity contribution in [3.63, 3.8) is 0 Å². The van der Waals surface area contributed by atoms with Crippen molar-refractivity contribution < 1.29 is 4.48 Å². The molecule has 0 bridgehead atoms. The van der Waals surface area contributed by atoms with Crippen molar-refractivity contribution >= 4 is 0 Å². The zero-order chi connectivity index (χ0) is 13.5. The average Bonchev–Trinajstić information content (AvgIpc) is 2.34. The monoisotopic (exact) mass is 259 g/mol. The molecular formula is C16H34FN. The summed E-state index contributed by atoms with van der Waals surface area (Å²) in [5, 5.41) is 0.790. The maximum Gasteiger partial charge on any atom is 0.0287 e. The van der Waals surface area contributed by atoms with E-state index in [1.165, 1.54) is 84.1 Å². The van der Waals surface area contributed by atoms with E-state index in [9.17, 15) is 4.48 Å². The highest BCUT2D eigenvalue weighted by atomic mass is 19.2. The predicted octanol–water partition coefficient (Wildman–Crippen LogP) is 5.89. The van der Waals surface area contributed by atoms with E-state index in [0.29, 0.717) is 6.54 Å². The maximum atomic E-state index is 12.4. The molecule has 0 atom stereocenters. The number of unbranched alkanes of at least 4 members (excludes halogenated alkanes) is 12. The summed E-state index contributed by atoms with van der Waals surface area (Å²) in [5.41, 5.74) is 0. The molecule has 1 nitrogen and oxygen atoms in total. The first-order valence-corrected chi connectivity index (χ1v) is 8.14. The Hall–Kier alpha value is -0.110. The van der Waals surface area contributed by atoms with Gasteiger partial charge < -0.3 is 0 Å². The van der Waals surface area contributed by atoms with Gasteiger partial charge in [-0.25, -0.2) is 0 Å². The molecule has 2 heteroatoms. The molecule has 0 aliphatic carbocycles. The van der Waals surface area contributed by atoms with Gasteiger partial charge in [0.25, 0.3) is 0 Å². The molecule has 0 rings (SSSR count). The van der Waals surface area contributed by atoms with Gasteiger partial charge in [-0.2, -0.15) is 0 Å². The van der Waals surface area contributed by atoms with Crippen molar-refractivity contribution in [2.75, 3.05) is 13.6 Å². The average molecular weight is 259 g/mol. The van der Waals surface area contributed by atoms with Crippen LogP contribution in [0.25, 0.3) is 0 Å². The smallest absolute Gasteiger partial charge is 0.0287 e. The summed E-state index contributed by atoms with van der Waals surface area (Å²) in [6.45, 7) is 2.86. The zero-order valence-electron chi connectivity index (χ0n) is 12.7. The lowest BCUT2D eigenvalue weighted by molar-refractivity contribution is 0.0579. The van der Waals surface area contributed by atoms with Crippen LogP contribution in [0.4, 0.5) is 4.48 Å². The van der Waals surface area contributed by atoms with E-state index in [1.54, 1.807) is 0 Å². The van der Waals surface area contributed by atoms with Crippen LogP contribution >= 0.6 is 0 Å². The lowest BCUT2D eigenvalue weighted by Crippen LogP contribution is -2.07. The molecule has 0 unspecified atom stereocenters. The fourth-order valence-corrected chi connectivity index (χ4v) is 2.35. The SMILES string of the molecule is CCCCCCCCCCCCCCCN(C)F. The van der Waals surface area contributed by atoms with Gasteiger partial charge in [-0.15, -0.1) is 9.60 Å². The third-order valence-corrected chi connectivity index (χ3v) is 3.57. The first-order valence-electron chi connectivity index (χ1n) is 8.14. The molecule has 0 saturated carbocycles. The van der Waals surface area contributed by atoms with Gasteiger partial charge in [-0.05, 0) is 6.42 Å². The highest BCUT2D eigenvalue weighted by Crippen LogP contribution is 2.12. The van der Waals surface area contributed by atoms with Crippen LogP contribution in [0.2, 0.25) is 0 Å². The fraction of sp³-hybridized carbons (Fsp3) is 1.00. The van der Waals surface area contributed by atoms with Gasteiger partial charge in [-0.3, -0.25) is 0 Å². The molecule has 0 amide bonds. The number of nitrogens with zero attached hydrogens (tertiary/aromatic N) is 1. The second-order valence-electron chi connectivity index (χ2n) is 5.57.